The molecule has 0 radical (unpaired) electrons. The van der Waals surface area contributed by atoms with Gasteiger partial charge in [0.2, 0.25) is 0 Å². The minimum absolute atomic E-state index is 0.362. The van der Waals surface area contributed by atoms with E-state index in [0.29, 0.717) is 11.7 Å². The number of benzene rings is 2. The van der Waals surface area contributed by atoms with Crippen LogP contribution in [-0.4, -0.2) is 5.11 Å². The van der Waals surface area contributed by atoms with Gasteiger partial charge < -0.3 is 5.11 Å². The van der Waals surface area contributed by atoms with Crippen molar-refractivity contribution in [1.82, 2.24) is 0 Å². The van der Waals surface area contributed by atoms with Gasteiger partial charge in [-0.05, 0) is 29.7 Å². The molecule has 0 fully saturated rings. The van der Waals surface area contributed by atoms with Crippen molar-refractivity contribution in [3.05, 3.63) is 65.2 Å². The Morgan fingerprint density at radius 3 is 2.25 bits per heavy atom. The van der Waals surface area contributed by atoms with Crippen molar-refractivity contribution in [2.45, 2.75) is 19.8 Å². The van der Waals surface area contributed by atoms with Gasteiger partial charge in [0.05, 0.1) is 0 Å². The van der Waals surface area contributed by atoms with Crippen molar-refractivity contribution in [2.24, 2.45) is 0 Å². The van der Waals surface area contributed by atoms with Gasteiger partial charge in [0.25, 0.3) is 0 Å². The van der Waals surface area contributed by atoms with Crippen molar-refractivity contribution in [1.29, 1.82) is 0 Å². The maximum atomic E-state index is 9.50. The Morgan fingerprint density at radius 1 is 0.938 bits per heavy atom. The van der Waals surface area contributed by atoms with Crippen LogP contribution in [0.2, 0.25) is 0 Å². The van der Waals surface area contributed by atoms with E-state index in [2.05, 4.69) is 31.2 Å². The molecule has 0 aromatic heterocycles. The summed E-state index contributed by atoms with van der Waals surface area (Å²) in [5, 5.41) is 9.50. The normalized spacial score (nSPS) is 12.4. The van der Waals surface area contributed by atoms with Crippen molar-refractivity contribution in [3.8, 4) is 5.75 Å². The monoisotopic (exact) mass is 212 g/mol. The van der Waals surface area contributed by atoms with Gasteiger partial charge in [0.15, 0.2) is 0 Å². The molecule has 1 heteroatoms. The molecule has 0 aliphatic rings. The Hall–Kier alpha value is -1.76. The van der Waals surface area contributed by atoms with Crippen LogP contribution in [-0.2, 0) is 0 Å². The van der Waals surface area contributed by atoms with Gasteiger partial charge in [-0.3, -0.25) is 0 Å². The lowest BCUT2D eigenvalue weighted by molar-refractivity contribution is 0.471. The van der Waals surface area contributed by atoms with E-state index in [1.807, 2.05) is 25.1 Å². The molecular formula is C15H16O. The second-order valence-corrected chi connectivity index (χ2v) is 4.18. The fraction of sp³-hybridized carbons (Fsp3) is 0.200. The summed E-state index contributed by atoms with van der Waals surface area (Å²) < 4.78 is 0. The summed E-state index contributed by atoms with van der Waals surface area (Å²) in [6, 6.07) is 16.2. The van der Waals surface area contributed by atoms with E-state index >= 15 is 0 Å². The molecular weight excluding hydrogens is 196 g/mol. The van der Waals surface area contributed by atoms with E-state index < -0.39 is 0 Å². The highest BCUT2D eigenvalue weighted by Crippen LogP contribution is 2.27. The smallest absolute Gasteiger partial charge is 0.118 e. The fourth-order valence-electron chi connectivity index (χ4n) is 1.88. The predicted octanol–water partition coefficient (Wildman–Crippen LogP) is 3.85. The van der Waals surface area contributed by atoms with Crippen LogP contribution in [0.25, 0.3) is 0 Å². The molecule has 16 heavy (non-hydrogen) atoms. The lowest BCUT2D eigenvalue weighted by Gasteiger charge is -2.13. The van der Waals surface area contributed by atoms with Crippen LogP contribution in [0.3, 0.4) is 0 Å². The van der Waals surface area contributed by atoms with Gasteiger partial charge in [0.1, 0.15) is 5.75 Å². The van der Waals surface area contributed by atoms with E-state index in [-0.39, 0.29) is 0 Å². The molecule has 82 valence electrons. The molecule has 0 unspecified atom stereocenters. The van der Waals surface area contributed by atoms with E-state index in [1.165, 1.54) is 11.1 Å². The van der Waals surface area contributed by atoms with E-state index in [1.54, 1.807) is 6.07 Å². The summed E-state index contributed by atoms with van der Waals surface area (Å²) in [5.41, 5.74) is 3.47. The molecule has 2 aromatic rings. The van der Waals surface area contributed by atoms with Crippen LogP contribution in [0.1, 0.15) is 29.5 Å². The zero-order valence-electron chi connectivity index (χ0n) is 9.64. The van der Waals surface area contributed by atoms with Crippen LogP contribution in [0.4, 0.5) is 0 Å². The topological polar surface area (TPSA) is 20.2 Å². The number of hydrogen-bond acceptors (Lipinski definition) is 1. The summed E-state index contributed by atoms with van der Waals surface area (Å²) in [6.07, 6.45) is 0. The number of phenolic OH excluding ortho intramolecular Hbond substituents is 1. The highest BCUT2D eigenvalue weighted by molar-refractivity contribution is 5.39. The van der Waals surface area contributed by atoms with Crippen LogP contribution in [0.15, 0.2) is 48.5 Å². The molecule has 2 rings (SSSR count). The standard InChI is InChI=1S/C15H16O/c1-11-10-14(8-9-15(11)16)12(2)13-6-4-3-5-7-13/h3-10,12,16H,1-2H3/t12-/m1/s1. The molecule has 2 aromatic carbocycles. The predicted molar refractivity (Wildman–Crippen MR) is 66.8 cm³/mol. The summed E-state index contributed by atoms with van der Waals surface area (Å²) in [5.74, 6) is 0.726. The Labute approximate surface area is 96.4 Å². The Bertz CT molecular complexity index is 474. The van der Waals surface area contributed by atoms with E-state index in [9.17, 15) is 5.11 Å². The van der Waals surface area contributed by atoms with Crippen LogP contribution in [0, 0.1) is 6.92 Å². The lowest BCUT2D eigenvalue weighted by Crippen LogP contribution is -1.95. The number of aryl methyl sites for hydroxylation is 1. The number of aromatic hydroxyl groups is 1. The third kappa shape index (κ3) is 2.08. The maximum absolute atomic E-state index is 9.50. The van der Waals surface area contributed by atoms with Gasteiger partial charge in [-0.2, -0.15) is 0 Å². The van der Waals surface area contributed by atoms with Gasteiger partial charge >= 0.3 is 0 Å². The van der Waals surface area contributed by atoms with E-state index in [0.717, 1.165) is 5.56 Å². The summed E-state index contributed by atoms with van der Waals surface area (Å²) in [6.45, 7) is 4.11. The maximum Gasteiger partial charge on any atom is 0.118 e. The molecule has 0 saturated carbocycles. The van der Waals surface area contributed by atoms with Gasteiger partial charge in [-0.25, -0.2) is 0 Å². The van der Waals surface area contributed by atoms with Crippen molar-refractivity contribution < 1.29 is 5.11 Å². The molecule has 1 atom stereocenters. The zero-order chi connectivity index (χ0) is 11.5. The first-order valence-corrected chi connectivity index (χ1v) is 5.53. The molecule has 0 saturated heterocycles. The van der Waals surface area contributed by atoms with Crippen LogP contribution in [0.5, 0.6) is 5.75 Å². The molecule has 0 bridgehead atoms. The second kappa shape index (κ2) is 4.40. The first-order chi connectivity index (χ1) is 7.68. The number of hydrogen-bond donors (Lipinski definition) is 1. The highest BCUT2D eigenvalue weighted by Gasteiger charge is 2.08. The van der Waals surface area contributed by atoms with Gasteiger partial charge in [-0.1, -0.05) is 49.4 Å². The van der Waals surface area contributed by atoms with Crippen LogP contribution < -0.4 is 0 Å². The largest absolute Gasteiger partial charge is 0.508 e. The fourth-order valence-corrected chi connectivity index (χ4v) is 1.88. The number of phenols is 1. The van der Waals surface area contributed by atoms with Gasteiger partial charge in [0, 0.05) is 5.92 Å². The molecule has 0 heterocycles. The third-order valence-electron chi connectivity index (χ3n) is 3.02. The average molecular weight is 212 g/mol. The van der Waals surface area contributed by atoms with Crippen molar-refractivity contribution in [2.75, 3.05) is 0 Å². The third-order valence-corrected chi connectivity index (χ3v) is 3.02. The highest BCUT2D eigenvalue weighted by atomic mass is 16.3. The van der Waals surface area contributed by atoms with Crippen LogP contribution >= 0.6 is 0 Å². The first-order valence-electron chi connectivity index (χ1n) is 5.53. The molecule has 0 aliphatic carbocycles. The molecule has 0 amide bonds. The Balaban J connectivity index is 2.34. The minimum Gasteiger partial charge on any atom is -0.508 e. The lowest BCUT2D eigenvalue weighted by atomic mass is 9.92. The molecule has 1 N–H and O–H groups in total. The Morgan fingerprint density at radius 2 is 1.62 bits per heavy atom. The number of rotatable bonds is 2. The first kappa shape index (κ1) is 10.7. The molecule has 0 spiro atoms. The summed E-state index contributed by atoms with van der Waals surface area (Å²) >= 11 is 0. The second-order valence-electron chi connectivity index (χ2n) is 4.18. The minimum atomic E-state index is 0.362. The zero-order valence-corrected chi connectivity index (χ0v) is 9.64. The average Bonchev–Trinajstić information content (AvgIpc) is 2.33. The molecule has 1 nitrogen and oxygen atoms in total. The SMILES string of the molecule is Cc1cc([C@H](C)c2ccccc2)ccc1O. The quantitative estimate of drug-likeness (QED) is 0.801. The van der Waals surface area contributed by atoms with Crippen molar-refractivity contribution in [3.63, 3.8) is 0 Å². The van der Waals surface area contributed by atoms with Crippen molar-refractivity contribution >= 4 is 0 Å². The molecule has 0 aliphatic heterocycles. The Kier molecular flexibility index (Phi) is 2.95. The summed E-state index contributed by atoms with van der Waals surface area (Å²) in [7, 11) is 0. The van der Waals surface area contributed by atoms with Gasteiger partial charge in [-0.15, -0.1) is 0 Å². The van der Waals surface area contributed by atoms with E-state index in [4.69, 9.17) is 0 Å². The summed E-state index contributed by atoms with van der Waals surface area (Å²) in [4.78, 5) is 0.